The van der Waals surface area contributed by atoms with Gasteiger partial charge in [0.2, 0.25) is 0 Å². The zero-order chi connectivity index (χ0) is 28.5. The molecule has 0 atom stereocenters. The van der Waals surface area contributed by atoms with Gasteiger partial charge in [0.25, 0.3) is 17.5 Å². The number of nitro groups is 1. The van der Waals surface area contributed by atoms with Gasteiger partial charge in [0, 0.05) is 28.4 Å². The molecule has 2 amide bonds. The Hall–Kier alpha value is -5.70. The van der Waals surface area contributed by atoms with E-state index in [4.69, 9.17) is 0 Å². The molecular formula is C31H22FN3O5. The third-order valence-corrected chi connectivity index (χ3v) is 5.71. The van der Waals surface area contributed by atoms with Crippen molar-refractivity contribution in [2.75, 3.05) is 5.32 Å². The van der Waals surface area contributed by atoms with Crippen molar-refractivity contribution in [3.8, 4) is 0 Å². The third kappa shape index (κ3) is 6.99. The summed E-state index contributed by atoms with van der Waals surface area (Å²) < 4.78 is 14.3. The molecule has 0 heterocycles. The van der Waals surface area contributed by atoms with Crippen molar-refractivity contribution >= 4 is 41.1 Å². The molecule has 4 aromatic rings. The average molecular weight is 536 g/mol. The Balaban J connectivity index is 1.51. The number of nitrogens with one attached hydrogen (secondary N) is 2. The van der Waals surface area contributed by atoms with Crippen molar-refractivity contribution in [1.82, 2.24) is 5.32 Å². The lowest BCUT2D eigenvalue weighted by Gasteiger charge is -2.12. The summed E-state index contributed by atoms with van der Waals surface area (Å²) in [5.41, 5.74) is 0.995. The molecule has 0 saturated heterocycles. The fourth-order valence-corrected chi connectivity index (χ4v) is 3.66. The molecule has 0 aromatic heterocycles. The lowest BCUT2D eigenvalue weighted by molar-refractivity contribution is -0.385. The number of halogens is 1. The summed E-state index contributed by atoms with van der Waals surface area (Å²) in [6.45, 7) is 0. The molecule has 0 aliphatic heterocycles. The number of para-hydroxylation sites is 1. The number of rotatable bonds is 9. The molecule has 2 N–H and O–H groups in total. The van der Waals surface area contributed by atoms with Crippen LogP contribution in [0.2, 0.25) is 0 Å². The van der Waals surface area contributed by atoms with Crippen LogP contribution < -0.4 is 10.6 Å². The maximum absolute atomic E-state index is 14.3. The predicted octanol–water partition coefficient (Wildman–Crippen LogP) is 6.04. The van der Waals surface area contributed by atoms with Crippen molar-refractivity contribution < 1.29 is 23.7 Å². The van der Waals surface area contributed by atoms with Gasteiger partial charge >= 0.3 is 0 Å². The summed E-state index contributed by atoms with van der Waals surface area (Å²) in [6, 6.07) is 26.0. The van der Waals surface area contributed by atoms with E-state index in [1.807, 2.05) is 0 Å². The fraction of sp³-hybridized carbons (Fsp3) is 0. The Bertz CT molecular complexity index is 1630. The van der Waals surface area contributed by atoms with Gasteiger partial charge in [-0.05, 0) is 66.8 Å². The molecule has 0 bridgehead atoms. The van der Waals surface area contributed by atoms with Crippen LogP contribution in [-0.4, -0.2) is 22.5 Å². The maximum Gasteiger partial charge on any atom is 0.276 e. The Morgan fingerprint density at radius 2 is 1.38 bits per heavy atom. The minimum atomic E-state index is -0.706. The van der Waals surface area contributed by atoms with Crippen LogP contribution in [0.4, 0.5) is 15.8 Å². The number of carbonyl (C=O) groups excluding carboxylic acids is 3. The van der Waals surface area contributed by atoms with Gasteiger partial charge in [-0.3, -0.25) is 24.5 Å². The van der Waals surface area contributed by atoms with Crippen LogP contribution >= 0.6 is 0 Å². The number of hydrogen-bond acceptors (Lipinski definition) is 5. The monoisotopic (exact) mass is 535 g/mol. The molecule has 0 saturated carbocycles. The highest BCUT2D eigenvalue weighted by atomic mass is 19.1. The summed E-state index contributed by atoms with van der Waals surface area (Å²) in [7, 11) is 0. The van der Waals surface area contributed by atoms with Gasteiger partial charge in [-0.25, -0.2) is 4.39 Å². The van der Waals surface area contributed by atoms with Gasteiger partial charge in [-0.2, -0.15) is 0 Å². The number of carbonyl (C=O) groups is 3. The molecule has 9 heteroatoms. The van der Waals surface area contributed by atoms with Gasteiger partial charge in [-0.1, -0.05) is 48.5 Å². The lowest BCUT2D eigenvalue weighted by Crippen LogP contribution is -2.30. The van der Waals surface area contributed by atoms with E-state index in [1.54, 1.807) is 42.5 Å². The van der Waals surface area contributed by atoms with Crippen LogP contribution in [0.15, 0.2) is 115 Å². The molecule has 198 valence electrons. The Morgan fingerprint density at radius 3 is 2.05 bits per heavy atom. The van der Waals surface area contributed by atoms with E-state index in [-0.39, 0.29) is 28.1 Å². The molecule has 4 rings (SSSR count). The smallest absolute Gasteiger partial charge is 0.276 e. The minimum absolute atomic E-state index is 0.104. The molecule has 0 aliphatic rings. The van der Waals surface area contributed by atoms with E-state index in [9.17, 15) is 28.9 Å². The second-order valence-electron chi connectivity index (χ2n) is 8.44. The highest BCUT2D eigenvalue weighted by Gasteiger charge is 2.16. The Morgan fingerprint density at radius 1 is 0.750 bits per heavy atom. The SMILES string of the molecule is O=C(Nc1ccc(C(=O)/C=C/c2ccccc2[N+](=O)[O-])cc1)/C(=C/c1ccccc1F)NC(=O)c1ccccc1. The van der Waals surface area contributed by atoms with E-state index >= 15 is 0 Å². The number of nitro benzene ring substituents is 1. The molecule has 8 nitrogen and oxygen atoms in total. The van der Waals surface area contributed by atoms with Crippen LogP contribution in [0.1, 0.15) is 31.8 Å². The third-order valence-electron chi connectivity index (χ3n) is 5.71. The zero-order valence-corrected chi connectivity index (χ0v) is 20.9. The van der Waals surface area contributed by atoms with Gasteiger partial charge in [-0.15, -0.1) is 0 Å². The van der Waals surface area contributed by atoms with E-state index in [0.717, 1.165) is 0 Å². The van der Waals surface area contributed by atoms with Crippen LogP contribution in [-0.2, 0) is 4.79 Å². The summed E-state index contributed by atoms with van der Waals surface area (Å²) in [6.07, 6.45) is 3.83. The standard InChI is InChI=1S/C31H22FN3O5/c32-26-12-6-4-11-24(26)20-27(34-30(37)23-9-2-1-3-10-23)31(38)33-25-17-14-22(15-18-25)29(36)19-16-21-8-5-7-13-28(21)35(39)40/h1-20H,(H,33,38)(H,34,37)/b19-16+,27-20-. The van der Waals surface area contributed by atoms with Crippen LogP contribution in [0.3, 0.4) is 0 Å². The van der Waals surface area contributed by atoms with E-state index < -0.39 is 28.3 Å². The number of allylic oxidation sites excluding steroid dienone is 1. The van der Waals surface area contributed by atoms with Gasteiger partial charge in [0.15, 0.2) is 5.78 Å². The van der Waals surface area contributed by atoms with Gasteiger partial charge in [0.1, 0.15) is 11.5 Å². The van der Waals surface area contributed by atoms with Crippen LogP contribution in [0.5, 0.6) is 0 Å². The van der Waals surface area contributed by atoms with Crippen LogP contribution in [0.25, 0.3) is 12.2 Å². The molecular weight excluding hydrogens is 513 g/mol. The quantitative estimate of drug-likeness (QED) is 0.117. The molecule has 0 radical (unpaired) electrons. The first-order valence-electron chi connectivity index (χ1n) is 12.0. The Kier molecular flexibility index (Phi) is 8.68. The summed E-state index contributed by atoms with van der Waals surface area (Å²) >= 11 is 0. The van der Waals surface area contributed by atoms with E-state index in [0.29, 0.717) is 11.3 Å². The lowest BCUT2D eigenvalue weighted by atomic mass is 10.1. The fourth-order valence-electron chi connectivity index (χ4n) is 3.66. The second kappa shape index (κ2) is 12.7. The molecule has 0 aliphatic carbocycles. The van der Waals surface area contributed by atoms with Crippen molar-refractivity contribution in [2.45, 2.75) is 0 Å². The average Bonchev–Trinajstić information content (AvgIpc) is 2.97. The first-order valence-corrected chi connectivity index (χ1v) is 12.0. The van der Waals surface area contributed by atoms with Crippen LogP contribution in [0, 0.1) is 15.9 Å². The normalized spacial score (nSPS) is 11.2. The first kappa shape index (κ1) is 27.3. The molecule has 4 aromatic carbocycles. The van der Waals surface area contributed by atoms with Crippen molar-refractivity contribution in [3.63, 3.8) is 0 Å². The molecule has 0 spiro atoms. The topological polar surface area (TPSA) is 118 Å². The number of ketones is 1. The largest absolute Gasteiger partial charge is 0.321 e. The summed E-state index contributed by atoms with van der Waals surface area (Å²) in [5.74, 6) is -2.22. The van der Waals surface area contributed by atoms with Crippen molar-refractivity contribution in [2.24, 2.45) is 0 Å². The zero-order valence-electron chi connectivity index (χ0n) is 20.9. The highest BCUT2D eigenvalue weighted by Crippen LogP contribution is 2.20. The number of amides is 2. The van der Waals surface area contributed by atoms with Gasteiger partial charge in [0.05, 0.1) is 10.5 Å². The number of anilines is 1. The predicted molar refractivity (Wildman–Crippen MR) is 150 cm³/mol. The number of hydrogen-bond donors (Lipinski definition) is 2. The number of benzene rings is 4. The van der Waals surface area contributed by atoms with Crippen molar-refractivity contribution in [3.05, 3.63) is 153 Å². The van der Waals surface area contributed by atoms with E-state index in [1.165, 1.54) is 78.9 Å². The van der Waals surface area contributed by atoms with E-state index in [2.05, 4.69) is 10.6 Å². The molecule has 0 fully saturated rings. The molecule has 0 unspecified atom stereocenters. The molecule has 40 heavy (non-hydrogen) atoms. The second-order valence-corrected chi connectivity index (χ2v) is 8.44. The van der Waals surface area contributed by atoms with Gasteiger partial charge < -0.3 is 10.6 Å². The number of nitrogens with zero attached hydrogens (tertiary/aromatic N) is 1. The summed E-state index contributed by atoms with van der Waals surface area (Å²) in [5, 5.41) is 16.3. The first-order chi connectivity index (χ1) is 19.3. The Labute approximate surface area is 228 Å². The maximum atomic E-state index is 14.3. The highest BCUT2D eigenvalue weighted by molar-refractivity contribution is 6.11. The minimum Gasteiger partial charge on any atom is -0.321 e. The summed E-state index contributed by atoms with van der Waals surface area (Å²) in [4.78, 5) is 49.1. The van der Waals surface area contributed by atoms with Crippen molar-refractivity contribution in [1.29, 1.82) is 0 Å².